The maximum absolute atomic E-state index is 9.75. The van der Waals surface area contributed by atoms with Crippen molar-refractivity contribution in [3.05, 3.63) is 23.8 Å². The zero-order valence-corrected chi connectivity index (χ0v) is 11.1. The smallest absolute Gasteiger partial charge is 0.160 e. The van der Waals surface area contributed by atoms with Crippen molar-refractivity contribution in [2.75, 3.05) is 20.2 Å². The summed E-state index contributed by atoms with van der Waals surface area (Å²) in [6.45, 7) is 5.10. The number of rotatable bonds is 3. The Morgan fingerprint density at radius 1 is 1.50 bits per heavy atom. The van der Waals surface area contributed by atoms with Crippen LogP contribution in [0.4, 0.5) is 0 Å². The molecule has 2 atom stereocenters. The lowest BCUT2D eigenvalue weighted by atomic mass is 9.94. The monoisotopic (exact) mass is 250 g/mol. The SMILES string of the molecule is COc1ccc(CN2CCC(N)C(C)C2)cc1O. The van der Waals surface area contributed by atoms with Crippen LogP contribution in [0.15, 0.2) is 18.2 Å². The van der Waals surface area contributed by atoms with E-state index in [4.69, 9.17) is 10.5 Å². The average molecular weight is 250 g/mol. The Morgan fingerprint density at radius 2 is 2.28 bits per heavy atom. The number of phenols is 1. The molecule has 1 aliphatic rings. The Hall–Kier alpha value is -1.26. The minimum atomic E-state index is 0.205. The summed E-state index contributed by atoms with van der Waals surface area (Å²) in [5, 5.41) is 9.75. The summed E-state index contributed by atoms with van der Waals surface area (Å²) in [5.41, 5.74) is 7.12. The molecule has 2 unspecified atom stereocenters. The van der Waals surface area contributed by atoms with E-state index in [2.05, 4.69) is 11.8 Å². The van der Waals surface area contributed by atoms with Gasteiger partial charge in [0.15, 0.2) is 11.5 Å². The molecule has 2 rings (SSSR count). The van der Waals surface area contributed by atoms with Gasteiger partial charge in [0.1, 0.15) is 0 Å². The zero-order chi connectivity index (χ0) is 13.1. The molecular formula is C14H22N2O2. The van der Waals surface area contributed by atoms with Gasteiger partial charge in [0.2, 0.25) is 0 Å². The fraction of sp³-hybridized carbons (Fsp3) is 0.571. The van der Waals surface area contributed by atoms with Crippen molar-refractivity contribution in [1.29, 1.82) is 0 Å². The van der Waals surface area contributed by atoms with Gasteiger partial charge in [0.05, 0.1) is 7.11 Å². The molecule has 0 aromatic heterocycles. The van der Waals surface area contributed by atoms with Crippen LogP contribution >= 0.6 is 0 Å². The largest absolute Gasteiger partial charge is 0.504 e. The molecule has 1 aliphatic heterocycles. The van der Waals surface area contributed by atoms with E-state index >= 15 is 0 Å². The molecule has 1 fully saturated rings. The highest BCUT2D eigenvalue weighted by Crippen LogP contribution is 2.27. The van der Waals surface area contributed by atoms with Gasteiger partial charge in [-0.05, 0) is 36.6 Å². The second-order valence-corrected chi connectivity index (χ2v) is 5.17. The molecule has 1 aromatic rings. The van der Waals surface area contributed by atoms with Crippen LogP contribution in [0.3, 0.4) is 0 Å². The third-order valence-corrected chi connectivity index (χ3v) is 3.71. The van der Waals surface area contributed by atoms with Gasteiger partial charge in [0.25, 0.3) is 0 Å². The number of nitrogens with zero attached hydrogens (tertiary/aromatic N) is 1. The fourth-order valence-corrected chi connectivity index (χ4v) is 2.49. The van der Waals surface area contributed by atoms with E-state index < -0.39 is 0 Å². The van der Waals surface area contributed by atoms with Gasteiger partial charge in [-0.1, -0.05) is 13.0 Å². The molecule has 3 N–H and O–H groups in total. The van der Waals surface area contributed by atoms with Gasteiger partial charge in [0, 0.05) is 19.1 Å². The van der Waals surface area contributed by atoms with E-state index in [-0.39, 0.29) is 5.75 Å². The van der Waals surface area contributed by atoms with E-state index in [9.17, 15) is 5.11 Å². The van der Waals surface area contributed by atoms with Crippen molar-refractivity contribution in [3.8, 4) is 11.5 Å². The Labute approximate surface area is 108 Å². The number of hydrogen-bond donors (Lipinski definition) is 2. The van der Waals surface area contributed by atoms with Crippen LogP contribution in [0.5, 0.6) is 11.5 Å². The highest BCUT2D eigenvalue weighted by atomic mass is 16.5. The van der Waals surface area contributed by atoms with Crippen molar-refractivity contribution in [3.63, 3.8) is 0 Å². The predicted octanol–water partition coefficient (Wildman–Crippen LogP) is 1.57. The average Bonchev–Trinajstić information content (AvgIpc) is 2.34. The van der Waals surface area contributed by atoms with Crippen molar-refractivity contribution in [1.82, 2.24) is 4.90 Å². The van der Waals surface area contributed by atoms with Gasteiger partial charge in [-0.2, -0.15) is 0 Å². The molecule has 0 amide bonds. The normalized spacial score (nSPS) is 25.1. The summed E-state index contributed by atoms with van der Waals surface area (Å²) < 4.78 is 5.04. The highest BCUT2D eigenvalue weighted by molar-refractivity contribution is 5.41. The minimum absolute atomic E-state index is 0.205. The van der Waals surface area contributed by atoms with Gasteiger partial charge in [-0.25, -0.2) is 0 Å². The Kier molecular flexibility index (Phi) is 4.09. The van der Waals surface area contributed by atoms with Gasteiger partial charge in [-0.3, -0.25) is 4.90 Å². The third kappa shape index (κ3) is 2.94. The summed E-state index contributed by atoms with van der Waals surface area (Å²) in [6.07, 6.45) is 1.04. The Bertz CT molecular complexity index is 409. The van der Waals surface area contributed by atoms with Crippen LogP contribution in [0.2, 0.25) is 0 Å². The Balaban J connectivity index is 1.99. The number of nitrogens with two attached hydrogens (primary N) is 1. The molecule has 4 nitrogen and oxygen atoms in total. The van der Waals surface area contributed by atoms with Crippen molar-refractivity contribution in [2.24, 2.45) is 11.7 Å². The topological polar surface area (TPSA) is 58.7 Å². The summed E-state index contributed by atoms with van der Waals surface area (Å²) in [5.74, 6) is 1.26. The lowest BCUT2D eigenvalue weighted by molar-refractivity contribution is 0.157. The number of hydrogen-bond acceptors (Lipinski definition) is 4. The highest BCUT2D eigenvalue weighted by Gasteiger charge is 2.23. The molecule has 100 valence electrons. The van der Waals surface area contributed by atoms with Crippen LogP contribution in [0.1, 0.15) is 18.9 Å². The zero-order valence-electron chi connectivity index (χ0n) is 11.1. The number of phenolic OH excluding ortho intramolecular Hbond substituents is 1. The summed E-state index contributed by atoms with van der Waals surface area (Å²) in [6, 6.07) is 5.91. The summed E-state index contributed by atoms with van der Waals surface area (Å²) in [4.78, 5) is 2.38. The van der Waals surface area contributed by atoms with E-state index in [1.54, 1.807) is 13.2 Å². The lowest BCUT2D eigenvalue weighted by Crippen LogP contribution is -2.45. The molecule has 0 bridgehead atoms. The summed E-state index contributed by atoms with van der Waals surface area (Å²) in [7, 11) is 1.56. The molecule has 4 heteroatoms. The summed E-state index contributed by atoms with van der Waals surface area (Å²) >= 11 is 0. The molecule has 1 aromatic carbocycles. The van der Waals surface area contributed by atoms with E-state index in [0.717, 1.165) is 31.6 Å². The van der Waals surface area contributed by atoms with Crippen LogP contribution in [0, 0.1) is 5.92 Å². The number of methoxy groups -OCH3 is 1. The van der Waals surface area contributed by atoms with Crippen LogP contribution in [0.25, 0.3) is 0 Å². The van der Waals surface area contributed by atoms with Crippen molar-refractivity contribution < 1.29 is 9.84 Å². The van der Waals surface area contributed by atoms with Gasteiger partial charge < -0.3 is 15.6 Å². The lowest BCUT2D eigenvalue weighted by Gasteiger charge is -2.35. The first-order chi connectivity index (χ1) is 8.60. The maximum Gasteiger partial charge on any atom is 0.160 e. The number of benzene rings is 1. The van der Waals surface area contributed by atoms with Crippen molar-refractivity contribution >= 4 is 0 Å². The molecule has 0 radical (unpaired) electrons. The standard InChI is InChI=1S/C14H22N2O2/c1-10-8-16(6-5-12(10)15)9-11-3-4-14(18-2)13(17)7-11/h3-4,7,10,12,17H,5-6,8-9,15H2,1-2H3. The van der Waals surface area contributed by atoms with Gasteiger partial charge in [-0.15, -0.1) is 0 Å². The predicted molar refractivity (Wildman–Crippen MR) is 71.7 cm³/mol. The number of ether oxygens (including phenoxy) is 1. The fourth-order valence-electron chi connectivity index (χ4n) is 2.49. The second kappa shape index (κ2) is 5.59. The number of aromatic hydroxyl groups is 1. The quantitative estimate of drug-likeness (QED) is 0.855. The maximum atomic E-state index is 9.75. The molecular weight excluding hydrogens is 228 g/mol. The minimum Gasteiger partial charge on any atom is -0.504 e. The molecule has 0 aliphatic carbocycles. The molecule has 0 spiro atoms. The van der Waals surface area contributed by atoms with E-state index in [1.807, 2.05) is 12.1 Å². The molecule has 1 heterocycles. The first kappa shape index (κ1) is 13.2. The van der Waals surface area contributed by atoms with E-state index in [0.29, 0.717) is 17.7 Å². The molecule has 18 heavy (non-hydrogen) atoms. The van der Waals surface area contributed by atoms with Crippen LogP contribution in [-0.4, -0.2) is 36.2 Å². The van der Waals surface area contributed by atoms with Gasteiger partial charge >= 0.3 is 0 Å². The number of piperidine rings is 1. The van der Waals surface area contributed by atoms with Crippen LogP contribution in [-0.2, 0) is 6.54 Å². The van der Waals surface area contributed by atoms with E-state index in [1.165, 1.54) is 0 Å². The molecule has 1 saturated heterocycles. The first-order valence-corrected chi connectivity index (χ1v) is 6.44. The third-order valence-electron chi connectivity index (χ3n) is 3.71. The number of likely N-dealkylation sites (tertiary alicyclic amines) is 1. The first-order valence-electron chi connectivity index (χ1n) is 6.44. The second-order valence-electron chi connectivity index (χ2n) is 5.17. The van der Waals surface area contributed by atoms with Crippen molar-refractivity contribution in [2.45, 2.75) is 25.9 Å². The molecule has 0 saturated carbocycles. The van der Waals surface area contributed by atoms with Crippen LogP contribution < -0.4 is 10.5 Å². The Morgan fingerprint density at radius 3 is 2.89 bits per heavy atom.